The monoisotopic (exact) mass is 303 g/mol. The highest BCUT2D eigenvalue weighted by Crippen LogP contribution is 2.37. The van der Waals surface area contributed by atoms with Gasteiger partial charge in [0.1, 0.15) is 12.4 Å². The summed E-state index contributed by atoms with van der Waals surface area (Å²) < 4.78 is 50.2. The smallest absolute Gasteiger partial charge is 0.419 e. The molecule has 2 unspecified atom stereocenters. The fourth-order valence-corrected chi connectivity index (χ4v) is 2.44. The Morgan fingerprint density at radius 2 is 2.10 bits per heavy atom. The van der Waals surface area contributed by atoms with Crippen molar-refractivity contribution in [1.29, 1.82) is 0 Å². The normalized spacial score (nSPS) is 22.5. The van der Waals surface area contributed by atoms with Crippen LogP contribution < -0.4 is 10.5 Å². The molecule has 2 rings (SSSR count). The van der Waals surface area contributed by atoms with Crippen molar-refractivity contribution in [2.24, 2.45) is 5.73 Å². The van der Waals surface area contributed by atoms with Crippen LogP contribution in [0.2, 0.25) is 0 Å². The van der Waals surface area contributed by atoms with Gasteiger partial charge in [-0.05, 0) is 50.4 Å². The largest absolute Gasteiger partial charge is 0.490 e. The number of rotatable bonds is 5. The van der Waals surface area contributed by atoms with Crippen LogP contribution in [0, 0.1) is 0 Å². The van der Waals surface area contributed by atoms with E-state index in [0.29, 0.717) is 18.5 Å². The van der Waals surface area contributed by atoms with Crippen molar-refractivity contribution >= 4 is 0 Å². The molecule has 0 aliphatic carbocycles. The van der Waals surface area contributed by atoms with E-state index in [-0.39, 0.29) is 24.6 Å². The predicted molar refractivity (Wildman–Crippen MR) is 73.3 cm³/mol. The highest BCUT2D eigenvalue weighted by Gasteiger charge is 2.35. The first-order chi connectivity index (χ1) is 9.90. The molecule has 2 N–H and O–H groups in total. The standard InChI is InChI=1S/C15H20F3NO2/c1-10-2-4-12(21-10)9-20-14-5-3-11(6-7-19)8-13(14)15(16,17)18/h3,5,8,10,12H,2,4,6-7,9,19H2,1H3. The van der Waals surface area contributed by atoms with Crippen molar-refractivity contribution < 1.29 is 22.6 Å². The van der Waals surface area contributed by atoms with Crippen molar-refractivity contribution in [1.82, 2.24) is 0 Å². The van der Waals surface area contributed by atoms with Crippen LogP contribution in [0.25, 0.3) is 0 Å². The number of hydrogen-bond acceptors (Lipinski definition) is 3. The van der Waals surface area contributed by atoms with E-state index in [9.17, 15) is 13.2 Å². The van der Waals surface area contributed by atoms with Gasteiger partial charge in [0.05, 0.1) is 17.8 Å². The molecular weight excluding hydrogens is 283 g/mol. The second-order valence-corrected chi connectivity index (χ2v) is 5.32. The predicted octanol–water partition coefficient (Wildman–Crippen LogP) is 3.15. The molecular formula is C15H20F3NO2. The molecule has 0 aromatic heterocycles. The minimum atomic E-state index is -4.44. The Hall–Kier alpha value is -1.27. The highest BCUT2D eigenvalue weighted by atomic mass is 19.4. The van der Waals surface area contributed by atoms with E-state index in [1.807, 2.05) is 6.92 Å². The minimum absolute atomic E-state index is 0.134. The first-order valence-electron chi connectivity index (χ1n) is 7.08. The maximum absolute atomic E-state index is 13.1. The van der Waals surface area contributed by atoms with Gasteiger partial charge in [-0.3, -0.25) is 0 Å². The van der Waals surface area contributed by atoms with Gasteiger partial charge in [0.25, 0.3) is 0 Å². The van der Waals surface area contributed by atoms with Crippen molar-refractivity contribution in [2.45, 2.75) is 44.6 Å². The van der Waals surface area contributed by atoms with E-state index in [4.69, 9.17) is 15.2 Å². The Morgan fingerprint density at radius 3 is 2.67 bits per heavy atom. The molecule has 0 radical (unpaired) electrons. The van der Waals surface area contributed by atoms with E-state index >= 15 is 0 Å². The number of halogens is 3. The molecule has 0 amide bonds. The molecule has 1 aromatic carbocycles. The van der Waals surface area contributed by atoms with Gasteiger partial charge in [-0.15, -0.1) is 0 Å². The SMILES string of the molecule is CC1CCC(COc2ccc(CCN)cc2C(F)(F)F)O1. The number of alkyl halides is 3. The highest BCUT2D eigenvalue weighted by molar-refractivity contribution is 5.39. The van der Waals surface area contributed by atoms with Gasteiger partial charge in [-0.25, -0.2) is 0 Å². The summed E-state index contributed by atoms with van der Waals surface area (Å²) in [6, 6.07) is 4.10. The van der Waals surface area contributed by atoms with Crippen LogP contribution in [0.4, 0.5) is 13.2 Å². The average Bonchev–Trinajstić information content (AvgIpc) is 2.82. The van der Waals surface area contributed by atoms with Gasteiger partial charge in [-0.1, -0.05) is 6.07 Å². The molecule has 1 aliphatic heterocycles. The zero-order valence-corrected chi connectivity index (χ0v) is 12.0. The van der Waals surface area contributed by atoms with Crippen molar-refractivity contribution in [3.05, 3.63) is 29.3 Å². The molecule has 0 bridgehead atoms. The van der Waals surface area contributed by atoms with E-state index in [2.05, 4.69) is 0 Å². The Morgan fingerprint density at radius 1 is 1.33 bits per heavy atom. The Kier molecular flexibility index (Phi) is 5.11. The second-order valence-electron chi connectivity index (χ2n) is 5.32. The van der Waals surface area contributed by atoms with Gasteiger partial charge in [0, 0.05) is 0 Å². The minimum Gasteiger partial charge on any atom is -0.490 e. The molecule has 1 saturated heterocycles. The number of nitrogens with two attached hydrogens (primary N) is 1. The average molecular weight is 303 g/mol. The fourth-order valence-electron chi connectivity index (χ4n) is 2.44. The van der Waals surface area contributed by atoms with Gasteiger partial charge in [0.15, 0.2) is 0 Å². The van der Waals surface area contributed by atoms with Crippen LogP contribution in [0.1, 0.15) is 30.9 Å². The van der Waals surface area contributed by atoms with Crippen molar-refractivity contribution in [2.75, 3.05) is 13.2 Å². The van der Waals surface area contributed by atoms with Crippen LogP contribution in [0.15, 0.2) is 18.2 Å². The molecule has 118 valence electrons. The number of hydrogen-bond donors (Lipinski definition) is 1. The zero-order chi connectivity index (χ0) is 15.5. The first-order valence-corrected chi connectivity index (χ1v) is 7.08. The lowest BCUT2D eigenvalue weighted by Gasteiger charge is -2.17. The van der Waals surface area contributed by atoms with Crippen LogP contribution in [-0.2, 0) is 17.3 Å². The fraction of sp³-hybridized carbons (Fsp3) is 0.600. The Labute approximate surface area is 122 Å². The third-order valence-corrected chi connectivity index (χ3v) is 3.53. The lowest BCUT2D eigenvalue weighted by Crippen LogP contribution is -2.19. The Balaban J connectivity index is 2.10. The lowest BCUT2D eigenvalue weighted by atomic mass is 10.1. The van der Waals surface area contributed by atoms with Crippen molar-refractivity contribution in [3.63, 3.8) is 0 Å². The summed E-state index contributed by atoms with van der Waals surface area (Å²) in [5.41, 5.74) is 5.19. The maximum Gasteiger partial charge on any atom is 0.419 e. The third-order valence-electron chi connectivity index (χ3n) is 3.53. The topological polar surface area (TPSA) is 44.5 Å². The van der Waals surface area contributed by atoms with Crippen LogP contribution >= 0.6 is 0 Å². The van der Waals surface area contributed by atoms with E-state index in [0.717, 1.165) is 18.9 Å². The Bertz CT molecular complexity index is 476. The van der Waals surface area contributed by atoms with Gasteiger partial charge in [-0.2, -0.15) is 13.2 Å². The molecule has 2 atom stereocenters. The summed E-state index contributed by atoms with van der Waals surface area (Å²) in [4.78, 5) is 0. The van der Waals surface area contributed by atoms with E-state index < -0.39 is 11.7 Å². The summed E-state index contributed by atoms with van der Waals surface area (Å²) in [5.74, 6) is -0.147. The van der Waals surface area contributed by atoms with Crippen LogP contribution in [-0.4, -0.2) is 25.4 Å². The summed E-state index contributed by atoms with van der Waals surface area (Å²) >= 11 is 0. The summed E-state index contributed by atoms with van der Waals surface area (Å²) in [5, 5.41) is 0. The van der Waals surface area contributed by atoms with Crippen molar-refractivity contribution in [3.8, 4) is 5.75 Å². The molecule has 6 heteroatoms. The summed E-state index contributed by atoms with van der Waals surface area (Å²) in [6.07, 6.45) is -2.29. The summed E-state index contributed by atoms with van der Waals surface area (Å²) in [6.45, 7) is 2.40. The first kappa shape index (κ1) is 16.1. The molecule has 0 spiro atoms. The quantitative estimate of drug-likeness (QED) is 0.909. The molecule has 0 saturated carbocycles. The van der Waals surface area contributed by atoms with E-state index in [1.54, 1.807) is 6.07 Å². The second kappa shape index (κ2) is 6.66. The lowest BCUT2D eigenvalue weighted by molar-refractivity contribution is -0.139. The third kappa shape index (κ3) is 4.35. The van der Waals surface area contributed by atoms with Crippen LogP contribution in [0.3, 0.4) is 0 Å². The molecule has 1 aliphatic rings. The molecule has 3 nitrogen and oxygen atoms in total. The molecule has 21 heavy (non-hydrogen) atoms. The molecule has 1 fully saturated rings. The molecule has 1 heterocycles. The van der Waals surface area contributed by atoms with Crippen LogP contribution in [0.5, 0.6) is 5.75 Å². The van der Waals surface area contributed by atoms with E-state index in [1.165, 1.54) is 6.07 Å². The molecule has 1 aromatic rings. The number of benzene rings is 1. The summed E-state index contributed by atoms with van der Waals surface area (Å²) in [7, 11) is 0. The zero-order valence-electron chi connectivity index (χ0n) is 12.0. The van der Waals surface area contributed by atoms with Gasteiger partial charge in [0.2, 0.25) is 0 Å². The van der Waals surface area contributed by atoms with Gasteiger partial charge >= 0.3 is 6.18 Å². The maximum atomic E-state index is 13.1. The van der Waals surface area contributed by atoms with Gasteiger partial charge < -0.3 is 15.2 Å². The number of ether oxygens (including phenoxy) is 2.